The molecule has 0 unspecified atom stereocenters. The summed E-state index contributed by atoms with van der Waals surface area (Å²) in [5.74, 6) is -0.487. The standard InChI is InChI=1S/C15H16O4/c1-3-5-6-7-14(16)19-13-10-8-12(9-11-13)15(17)18-4-2/h3,5-11H,4H2,1-2H3. The topological polar surface area (TPSA) is 52.6 Å². The summed E-state index contributed by atoms with van der Waals surface area (Å²) in [4.78, 5) is 22.8. The number of carbonyl (C=O) groups is 2. The molecule has 1 rings (SSSR count). The molecule has 1 aromatic carbocycles. The smallest absolute Gasteiger partial charge is 0.338 e. The van der Waals surface area contributed by atoms with Crippen molar-refractivity contribution in [2.45, 2.75) is 13.8 Å². The largest absolute Gasteiger partial charge is 0.462 e. The molecule has 0 atom stereocenters. The monoisotopic (exact) mass is 260 g/mol. The SMILES string of the molecule is CC=CC=CC(=O)Oc1ccc(C(=O)OCC)cc1. The van der Waals surface area contributed by atoms with E-state index in [1.807, 2.05) is 6.92 Å². The van der Waals surface area contributed by atoms with Gasteiger partial charge in [-0.3, -0.25) is 0 Å². The van der Waals surface area contributed by atoms with Crippen LogP contribution in [0, 0.1) is 0 Å². The zero-order chi connectivity index (χ0) is 14.1. The van der Waals surface area contributed by atoms with Crippen molar-refractivity contribution in [3.63, 3.8) is 0 Å². The molecule has 100 valence electrons. The minimum absolute atomic E-state index is 0.325. The first kappa shape index (κ1) is 14.7. The third-order valence-electron chi connectivity index (χ3n) is 2.12. The Labute approximate surface area is 112 Å². The van der Waals surface area contributed by atoms with Crippen LogP contribution in [0.2, 0.25) is 0 Å². The Bertz CT molecular complexity index is 483. The summed E-state index contributed by atoms with van der Waals surface area (Å²) >= 11 is 0. The molecule has 0 aliphatic carbocycles. The number of hydrogen-bond acceptors (Lipinski definition) is 4. The van der Waals surface area contributed by atoms with E-state index >= 15 is 0 Å². The van der Waals surface area contributed by atoms with E-state index in [0.717, 1.165) is 0 Å². The number of allylic oxidation sites excluding steroid dienone is 3. The molecule has 0 saturated carbocycles. The third kappa shape index (κ3) is 5.21. The van der Waals surface area contributed by atoms with Crippen LogP contribution in [-0.2, 0) is 9.53 Å². The summed E-state index contributed by atoms with van der Waals surface area (Å²) in [5, 5.41) is 0. The predicted molar refractivity (Wildman–Crippen MR) is 72.0 cm³/mol. The second kappa shape index (κ2) is 7.87. The van der Waals surface area contributed by atoms with Crippen molar-refractivity contribution >= 4 is 11.9 Å². The van der Waals surface area contributed by atoms with Gasteiger partial charge < -0.3 is 9.47 Å². The van der Waals surface area contributed by atoms with E-state index in [1.54, 1.807) is 49.4 Å². The summed E-state index contributed by atoms with van der Waals surface area (Å²) in [6.07, 6.45) is 6.44. The molecular weight excluding hydrogens is 244 g/mol. The molecule has 0 saturated heterocycles. The van der Waals surface area contributed by atoms with Crippen molar-refractivity contribution in [3.8, 4) is 5.75 Å². The maximum atomic E-state index is 11.4. The molecule has 0 N–H and O–H groups in total. The van der Waals surface area contributed by atoms with E-state index in [1.165, 1.54) is 6.08 Å². The van der Waals surface area contributed by atoms with Crippen LogP contribution in [0.5, 0.6) is 5.75 Å². The molecule has 0 fully saturated rings. The van der Waals surface area contributed by atoms with Crippen molar-refractivity contribution in [1.29, 1.82) is 0 Å². The highest BCUT2D eigenvalue weighted by atomic mass is 16.5. The van der Waals surface area contributed by atoms with Crippen LogP contribution in [0.3, 0.4) is 0 Å². The van der Waals surface area contributed by atoms with E-state index in [-0.39, 0.29) is 0 Å². The summed E-state index contributed by atoms with van der Waals surface area (Å²) in [7, 11) is 0. The number of ether oxygens (including phenoxy) is 2. The van der Waals surface area contributed by atoms with Crippen molar-refractivity contribution in [2.75, 3.05) is 6.61 Å². The molecule has 0 aromatic heterocycles. The molecular formula is C15H16O4. The highest BCUT2D eigenvalue weighted by Gasteiger charge is 2.06. The van der Waals surface area contributed by atoms with Crippen molar-refractivity contribution in [3.05, 3.63) is 54.1 Å². The summed E-state index contributed by atoms with van der Waals surface area (Å²) in [6, 6.07) is 6.20. The molecule has 0 aliphatic rings. The van der Waals surface area contributed by atoms with Gasteiger partial charge in [0.15, 0.2) is 0 Å². The first-order valence-corrected chi connectivity index (χ1v) is 5.95. The molecule has 0 radical (unpaired) electrons. The van der Waals surface area contributed by atoms with Crippen LogP contribution in [0.25, 0.3) is 0 Å². The van der Waals surface area contributed by atoms with Crippen LogP contribution in [-0.4, -0.2) is 18.5 Å². The predicted octanol–water partition coefficient (Wildman–Crippen LogP) is 2.90. The van der Waals surface area contributed by atoms with E-state index in [0.29, 0.717) is 17.9 Å². The molecule has 0 aliphatic heterocycles. The molecule has 19 heavy (non-hydrogen) atoms. The van der Waals surface area contributed by atoms with E-state index < -0.39 is 11.9 Å². The second-order valence-corrected chi connectivity index (χ2v) is 3.55. The number of carbonyl (C=O) groups excluding carboxylic acids is 2. The number of hydrogen-bond donors (Lipinski definition) is 0. The van der Waals surface area contributed by atoms with Gasteiger partial charge in [0.05, 0.1) is 12.2 Å². The maximum Gasteiger partial charge on any atom is 0.338 e. The first-order valence-electron chi connectivity index (χ1n) is 5.95. The van der Waals surface area contributed by atoms with Crippen LogP contribution < -0.4 is 4.74 Å². The average Bonchev–Trinajstić information content (AvgIpc) is 2.40. The van der Waals surface area contributed by atoms with Gasteiger partial charge in [-0.2, -0.15) is 0 Å². The fourth-order valence-electron chi connectivity index (χ4n) is 1.27. The minimum atomic E-state index is -0.470. The second-order valence-electron chi connectivity index (χ2n) is 3.55. The number of rotatable bonds is 5. The zero-order valence-electron chi connectivity index (χ0n) is 11.0. The number of benzene rings is 1. The van der Waals surface area contributed by atoms with Gasteiger partial charge in [0.25, 0.3) is 0 Å². The Morgan fingerprint density at radius 2 is 1.84 bits per heavy atom. The van der Waals surface area contributed by atoms with Gasteiger partial charge in [-0.15, -0.1) is 0 Å². The van der Waals surface area contributed by atoms with Crippen LogP contribution in [0.15, 0.2) is 48.6 Å². The Morgan fingerprint density at radius 3 is 2.42 bits per heavy atom. The lowest BCUT2D eigenvalue weighted by molar-refractivity contribution is -0.128. The van der Waals surface area contributed by atoms with E-state index in [2.05, 4.69) is 0 Å². The fourth-order valence-corrected chi connectivity index (χ4v) is 1.27. The van der Waals surface area contributed by atoms with Gasteiger partial charge in [0.2, 0.25) is 0 Å². The lowest BCUT2D eigenvalue weighted by atomic mass is 10.2. The normalized spacial score (nSPS) is 10.8. The van der Waals surface area contributed by atoms with Gasteiger partial charge in [-0.05, 0) is 38.1 Å². The minimum Gasteiger partial charge on any atom is -0.462 e. The fraction of sp³-hybridized carbons (Fsp3) is 0.200. The van der Waals surface area contributed by atoms with Gasteiger partial charge in [0.1, 0.15) is 5.75 Å². The third-order valence-corrected chi connectivity index (χ3v) is 2.12. The summed E-state index contributed by atoms with van der Waals surface area (Å²) in [6.45, 7) is 3.92. The zero-order valence-corrected chi connectivity index (χ0v) is 11.0. The van der Waals surface area contributed by atoms with Crippen LogP contribution >= 0.6 is 0 Å². The summed E-state index contributed by atoms with van der Waals surface area (Å²) in [5.41, 5.74) is 0.422. The lowest BCUT2D eigenvalue weighted by Gasteiger charge is -2.03. The number of esters is 2. The van der Waals surface area contributed by atoms with Crippen LogP contribution in [0.4, 0.5) is 0 Å². The maximum absolute atomic E-state index is 11.4. The van der Waals surface area contributed by atoms with Gasteiger partial charge >= 0.3 is 11.9 Å². The quantitative estimate of drug-likeness (QED) is 0.353. The highest BCUT2D eigenvalue weighted by Crippen LogP contribution is 2.13. The van der Waals surface area contributed by atoms with Gasteiger partial charge in [-0.1, -0.05) is 18.2 Å². The van der Waals surface area contributed by atoms with Crippen LogP contribution in [0.1, 0.15) is 24.2 Å². The Kier molecular flexibility index (Phi) is 6.09. The van der Waals surface area contributed by atoms with Gasteiger partial charge in [0, 0.05) is 6.08 Å². The molecule has 1 aromatic rings. The van der Waals surface area contributed by atoms with Gasteiger partial charge in [-0.25, -0.2) is 9.59 Å². The van der Waals surface area contributed by atoms with Crippen molar-refractivity contribution in [1.82, 2.24) is 0 Å². The Balaban J connectivity index is 2.62. The highest BCUT2D eigenvalue weighted by molar-refractivity contribution is 5.89. The molecule has 0 heterocycles. The first-order chi connectivity index (χ1) is 9.17. The molecule has 0 amide bonds. The molecule has 0 spiro atoms. The molecule has 4 heteroatoms. The Hall–Kier alpha value is -2.36. The van der Waals surface area contributed by atoms with Crippen molar-refractivity contribution < 1.29 is 19.1 Å². The lowest BCUT2D eigenvalue weighted by Crippen LogP contribution is -2.06. The van der Waals surface area contributed by atoms with E-state index in [4.69, 9.17) is 9.47 Å². The average molecular weight is 260 g/mol. The van der Waals surface area contributed by atoms with Crippen molar-refractivity contribution in [2.24, 2.45) is 0 Å². The van der Waals surface area contributed by atoms with E-state index in [9.17, 15) is 9.59 Å². The summed E-state index contributed by atoms with van der Waals surface area (Å²) < 4.78 is 9.89. The molecule has 4 nitrogen and oxygen atoms in total. The Morgan fingerprint density at radius 1 is 1.16 bits per heavy atom. The molecule has 0 bridgehead atoms.